The van der Waals surface area contributed by atoms with Crippen molar-refractivity contribution in [3.05, 3.63) is 11.1 Å². The number of hydrogen-bond donors (Lipinski definition) is 1. The first-order valence-electron chi connectivity index (χ1n) is 6.23. The summed E-state index contributed by atoms with van der Waals surface area (Å²) in [6.45, 7) is 11.0. The SMILES string of the molecule is CC(C)=C(C)C(=O)O.CC[O-].CC[O-].CC[O][Ti+2][O]C. The predicted molar refractivity (Wildman–Crippen MR) is 71.4 cm³/mol. The number of carboxylic acid groups (broad SMARTS) is 1. The number of hydrogen-bond acceptors (Lipinski definition) is 5. The summed E-state index contributed by atoms with van der Waals surface area (Å²) >= 11 is -0.479. The van der Waals surface area contributed by atoms with Crippen LogP contribution in [0, 0.1) is 0 Å². The van der Waals surface area contributed by atoms with E-state index in [4.69, 9.17) is 18.6 Å². The fourth-order valence-corrected chi connectivity index (χ4v) is 0.700. The van der Waals surface area contributed by atoms with Crippen LogP contribution in [0.1, 0.15) is 41.5 Å². The Labute approximate surface area is 132 Å². The van der Waals surface area contributed by atoms with Crippen molar-refractivity contribution in [2.45, 2.75) is 41.5 Å². The molecule has 0 spiro atoms. The van der Waals surface area contributed by atoms with Crippen LogP contribution in [0.3, 0.4) is 0 Å². The Morgan fingerprint density at radius 3 is 1.50 bits per heavy atom. The van der Waals surface area contributed by atoms with Gasteiger partial charge in [-0.2, -0.15) is 0 Å². The van der Waals surface area contributed by atoms with Gasteiger partial charge in [0.25, 0.3) is 0 Å². The van der Waals surface area contributed by atoms with Crippen LogP contribution in [0.5, 0.6) is 0 Å². The van der Waals surface area contributed by atoms with Gasteiger partial charge >= 0.3 is 53.2 Å². The number of allylic oxidation sites excluding steroid dienone is 1. The van der Waals surface area contributed by atoms with Crippen LogP contribution < -0.4 is 10.2 Å². The summed E-state index contributed by atoms with van der Waals surface area (Å²) in [6.07, 6.45) is 0. The third-order valence-electron chi connectivity index (χ3n) is 1.36. The average molecular weight is 328 g/mol. The summed E-state index contributed by atoms with van der Waals surface area (Å²) < 4.78 is 9.57. The van der Waals surface area contributed by atoms with Crippen molar-refractivity contribution in [1.82, 2.24) is 0 Å². The molecule has 0 unspecified atom stereocenters. The van der Waals surface area contributed by atoms with Gasteiger partial charge < -0.3 is 15.3 Å². The Kier molecular flexibility index (Phi) is 38.0. The molecule has 0 aromatic heterocycles. The summed E-state index contributed by atoms with van der Waals surface area (Å²) in [5.41, 5.74) is 1.29. The van der Waals surface area contributed by atoms with Crippen molar-refractivity contribution in [3.8, 4) is 0 Å². The van der Waals surface area contributed by atoms with Crippen molar-refractivity contribution in [1.29, 1.82) is 0 Å². The molecule has 120 valence electrons. The first-order chi connectivity index (χ1) is 9.30. The normalized spacial score (nSPS) is 7.45. The molecule has 1 N–H and O–H groups in total. The van der Waals surface area contributed by atoms with Gasteiger partial charge in [-0.3, -0.25) is 0 Å². The summed E-state index contributed by atoms with van der Waals surface area (Å²) in [4.78, 5) is 10.1. The standard InChI is InChI=1S/C6H10O2.3C2H5O.CH3O.Ti/c1-4(2)5(3)6(7)8;3*1-2-3;1-2;/h1-3H3,(H,7,8);3*2H2,1H3;1H3;/q;4*-1;+4. The molecular weight excluding hydrogens is 300 g/mol. The van der Waals surface area contributed by atoms with E-state index >= 15 is 0 Å². The Morgan fingerprint density at radius 1 is 1.10 bits per heavy atom. The fraction of sp³-hybridized carbons (Fsp3) is 0.769. The summed E-state index contributed by atoms with van der Waals surface area (Å²) in [6, 6.07) is 0. The van der Waals surface area contributed by atoms with Crippen LogP contribution in [0.4, 0.5) is 0 Å². The summed E-state index contributed by atoms with van der Waals surface area (Å²) in [5, 5.41) is 26.2. The van der Waals surface area contributed by atoms with Crippen molar-refractivity contribution in [2.75, 3.05) is 26.9 Å². The van der Waals surface area contributed by atoms with E-state index in [1.165, 1.54) is 0 Å². The molecule has 0 aromatic carbocycles. The molecule has 6 nitrogen and oxygen atoms in total. The molecule has 0 saturated heterocycles. The Hall–Kier alpha value is -0.236. The monoisotopic (exact) mass is 328 g/mol. The molecule has 0 rings (SSSR count). The molecule has 0 aromatic rings. The van der Waals surface area contributed by atoms with Crippen molar-refractivity contribution in [3.63, 3.8) is 0 Å². The van der Waals surface area contributed by atoms with Gasteiger partial charge in [-0.25, -0.2) is 4.79 Å². The zero-order valence-electron chi connectivity index (χ0n) is 13.6. The molecular formula is C13H28O6Ti. The van der Waals surface area contributed by atoms with E-state index in [1.54, 1.807) is 41.7 Å². The van der Waals surface area contributed by atoms with E-state index in [9.17, 15) is 4.79 Å². The zero-order valence-corrected chi connectivity index (χ0v) is 15.2. The van der Waals surface area contributed by atoms with Crippen LogP contribution in [0.15, 0.2) is 11.1 Å². The summed E-state index contributed by atoms with van der Waals surface area (Å²) in [5.74, 6) is -0.829. The van der Waals surface area contributed by atoms with E-state index < -0.39 is 25.9 Å². The van der Waals surface area contributed by atoms with E-state index in [0.717, 1.165) is 12.2 Å². The van der Waals surface area contributed by atoms with Gasteiger partial charge in [0.05, 0.1) is 0 Å². The van der Waals surface area contributed by atoms with Gasteiger partial charge in [-0.1, -0.05) is 19.4 Å². The Bertz CT molecular complexity index is 209. The maximum absolute atomic E-state index is 10.1. The fourth-order valence-electron chi connectivity index (χ4n) is 0.332. The van der Waals surface area contributed by atoms with Crippen LogP contribution in [0.2, 0.25) is 0 Å². The second-order valence-electron chi connectivity index (χ2n) is 3.23. The second-order valence-corrected chi connectivity index (χ2v) is 4.58. The zero-order chi connectivity index (χ0) is 17.0. The van der Waals surface area contributed by atoms with Gasteiger partial charge in [0, 0.05) is 5.57 Å². The van der Waals surface area contributed by atoms with Crippen LogP contribution >= 0.6 is 0 Å². The molecule has 0 fully saturated rings. The topological polar surface area (TPSA) is 102 Å². The molecule has 0 radical (unpaired) electrons. The molecule has 20 heavy (non-hydrogen) atoms. The van der Waals surface area contributed by atoms with E-state index in [0.29, 0.717) is 5.57 Å². The molecule has 0 bridgehead atoms. The quantitative estimate of drug-likeness (QED) is 0.464. The maximum atomic E-state index is 10.1. The molecule has 0 amide bonds. The Morgan fingerprint density at radius 2 is 1.45 bits per heavy atom. The van der Waals surface area contributed by atoms with Crippen molar-refractivity contribution >= 4 is 5.97 Å². The first kappa shape index (κ1) is 28.0. The van der Waals surface area contributed by atoms with Gasteiger partial charge in [-0.05, 0) is 20.8 Å². The molecule has 7 heteroatoms. The molecule has 0 saturated carbocycles. The molecule has 0 aliphatic heterocycles. The summed E-state index contributed by atoms with van der Waals surface area (Å²) in [7, 11) is 1.66. The van der Waals surface area contributed by atoms with Crippen LogP contribution in [0.25, 0.3) is 0 Å². The third-order valence-corrected chi connectivity index (χ3v) is 2.25. The minimum absolute atomic E-state index is 0. The molecule has 0 atom stereocenters. The minimum atomic E-state index is -0.829. The first-order valence-corrected chi connectivity index (χ1v) is 7.51. The third kappa shape index (κ3) is 43.1. The number of aliphatic carboxylic acids is 1. The van der Waals surface area contributed by atoms with Crippen molar-refractivity contribution < 1.29 is 46.7 Å². The molecule has 0 aliphatic carbocycles. The number of carboxylic acids is 1. The number of rotatable bonds is 4. The van der Waals surface area contributed by atoms with Crippen LogP contribution in [-0.4, -0.2) is 38.0 Å². The van der Waals surface area contributed by atoms with E-state index in [-0.39, 0.29) is 13.2 Å². The van der Waals surface area contributed by atoms with E-state index in [1.807, 2.05) is 6.92 Å². The van der Waals surface area contributed by atoms with Gasteiger partial charge in [0.1, 0.15) is 0 Å². The number of carbonyl (C=O) groups is 1. The van der Waals surface area contributed by atoms with Gasteiger partial charge in [-0.15, -0.1) is 13.2 Å². The average Bonchev–Trinajstić information content (AvgIpc) is 2.37. The van der Waals surface area contributed by atoms with Crippen molar-refractivity contribution in [2.24, 2.45) is 0 Å². The van der Waals surface area contributed by atoms with Gasteiger partial charge in [0.2, 0.25) is 0 Å². The Balaban J connectivity index is -0.0000000941. The molecule has 0 aliphatic rings. The predicted octanol–water partition coefficient (Wildman–Crippen LogP) is 0.742. The van der Waals surface area contributed by atoms with Gasteiger partial charge in [0.15, 0.2) is 0 Å². The van der Waals surface area contributed by atoms with Crippen LogP contribution in [-0.2, 0) is 31.4 Å². The second kappa shape index (κ2) is 27.2. The van der Waals surface area contributed by atoms with E-state index in [2.05, 4.69) is 3.32 Å². The molecule has 0 heterocycles.